The lowest BCUT2D eigenvalue weighted by Gasteiger charge is -2.26. The molecule has 0 aliphatic heterocycles. The monoisotopic (exact) mass is 445 g/mol. The van der Waals surface area contributed by atoms with Crippen molar-refractivity contribution in [2.24, 2.45) is 11.8 Å². The summed E-state index contributed by atoms with van der Waals surface area (Å²) in [4.78, 5) is 12.2. The molecule has 1 aliphatic carbocycles. The molecule has 2 aromatic carbocycles. The van der Waals surface area contributed by atoms with Crippen LogP contribution in [-0.4, -0.2) is 5.97 Å². The maximum absolute atomic E-state index is 14.5. The third-order valence-corrected chi connectivity index (χ3v) is 5.76. The van der Waals surface area contributed by atoms with E-state index in [0.717, 1.165) is 43.7 Å². The first-order valence-corrected chi connectivity index (χ1v) is 10.6. The zero-order valence-electron chi connectivity index (χ0n) is 17.6. The Morgan fingerprint density at radius 3 is 2.16 bits per heavy atom. The number of halogens is 4. The lowest BCUT2D eigenvalue weighted by atomic mass is 9.80. The van der Waals surface area contributed by atoms with Crippen molar-refractivity contribution < 1.29 is 27.1 Å². The molecule has 0 unspecified atom stereocenters. The van der Waals surface area contributed by atoms with E-state index in [-0.39, 0.29) is 5.56 Å². The van der Waals surface area contributed by atoms with Gasteiger partial charge in [0.05, 0.1) is 0 Å². The van der Waals surface area contributed by atoms with Crippen molar-refractivity contribution in [2.45, 2.75) is 45.4 Å². The number of carbonyl (C=O) groups is 1. The minimum atomic E-state index is -1.44. The fourth-order valence-corrected chi connectivity index (χ4v) is 4.08. The average molecular weight is 445 g/mol. The van der Waals surface area contributed by atoms with Crippen molar-refractivity contribution in [3.8, 4) is 11.8 Å². The first-order valence-electron chi connectivity index (χ1n) is 10.6. The van der Waals surface area contributed by atoms with Crippen molar-refractivity contribution in [3.63, 3.8) is 0 Å². The zero-order valence-corrected chi connectivity index (χ0v) is 17.6. The number of allylic oxidation sites excluding steroid dienone is 1. The summed E-state index contributed by atoms with van der Waals surface area (Å²) in [5, 5.41) is 8.67. The fourth-order valence-electron chi connectivity index (χ4n) is 4.08. The van der Waals surface area contributed by atoms with Crippen LogP contribution in [0.2, 0.25) is 0 Å². The van der Waals surface area contributed by atoms with Crippen molar-refractivity contribution in [3.05, 3.63) is 70.3 Å². The van der Waals surface area contributed by atoms with Gasteiger partial charge in [0.15, 0.2) is 0 Å². The largest absolute Gasteiger partial charge is 0.423 e. The quantitative estimate of drug-likeness (QED) is 0.275. The van der Waals surface area contributed by atoms with Crippen LogP contribution in [0.5, 0.6) is 5.75 Å². The summed E-state index contributed by atoms with van der Waals surface area (Å²) in [6.07, 6.45) is 10.3. The number of carbonyl (C=O) groups excluding carboxylic acids is 1. The van der Waals surface area contributed by atoms with Crippen molar-refractivity contribution in [2.75, 3.05) is 0 Å². The van der Waals surface area contributed by atoms with Crippen molar-refractivity contribution in [1.29, 1.82) is 5.26 Å². The van der Waals surface area contributed by atoms with Crippen LogP contribution < -0.4 is 4.74 Å². The van der Waals surface area contributed by atoms with Gasteiger partial charge in [0.1, 0.15) is 46.2 Å². The van der Waals surface area contributed by atoms with Crippen LogP contribution in [0, 0.1) is 46.4 Å². The summed E-state index contributed by atoms with van der Waals surface area (Å²) in [6, 6.07) is 4.55. The molecule has 0 atom stereocenters. The summed E-state index contributed by atoms with van der Waals surface area (Å²) in [6.45, 7) is 2.18. The van der Waals surface area contributed by atoms with Gasteiger partial charge in [-0.1, -0.05) is 31.9 Å². The van der Waals surface area contributed by atoms with E-state index in [1.807, 2.05) is 6.08 Å². The smallest absolute Gasteiger partial charge is 0.349 e. The molecule has 0 aromatic heterocycles. The van der Waals surface area contributed by atoms with Crippen LogP contribution in [-0.2, 0) is 0 Å². The molecule has 0 saturated heterocycles. The van der Waals surface area contributed by atoms with Crippen LogP contribution in [0.1, 0.15) is 66.9 Å². The topological polar surface area (TPSA) is 50.1 Å². The highest BCUT2D eigenvalue weighted by atomic mass is 19.1. The maximum atomic E-state index is 14.5. The lowest BCUT2D eigenvalue weighted by Crippen LogP contribution is -2.14. The number of hydrogen-bond donors (Lipinski definition) is 0. The van der Waals surface area contributed by atoms with Gasteiger partial charge in [-0.2, -0.15) is 5.26 Å². The third kappa shape index (κ3) is 5.56. The Hall–Kier alpha value is -3.14. The van der Waals surface area contributed by atoms with E-state index < -0.39 is 46.1 Å². The second kappa shape index (κ2) is 10.4. The Bertz CT molecular complexity index is 1020. The number of rotatable bonds is 6. The Balaban J connectivity index is 1.71. The van der Waals surface area contributed by atoms with E-state index in [1.165, 1.54) is 18.9 Å². The number of hydrogen-bond acceptors (Lipinski definition) is 3. The molecule has 32 heavy (non-hydrogen) atoms. The second-order valence-corrected chi connectivity index (χ2v) is 8.05. The highest BCUT2D eigenvalue weighted by Crippen LogP contribution is 2.32. The molecular formula is C25H23F4NO2. The van der Waals surface area contributed by atoms with Gasteiger partial charge in [-0.15, -0.1) is 0 Å². The lowest BCUT2D eigenvalue weighted by molar-refractivity contribution is 0.0723. The zero-order chi connectivity index (χ0) is 23.3. The molecule has 0 N–H and O–H groups in total. The van der Waals surface area contributed by atoms with E-state index in [4.69, 9.17) is 10.00 Å². The minimum absolute atomic E-state index is 0.266. The summed E-state index contributed by atoms with van der Waals surface area (Å²) < 4.78 is 61.0. The van der Waals surface area contributed by atoms with E-state index in [2.05, 4.69) is 6.92 Å². The van der Waals surface area contributed by atoms with Gasteiger partial charge in [-0.25, -0.2) is 22.4 Å². The molecule has 3 nitrogen and oxygen atoms in total. The molecule has 0 amide bonds. The van der Waals surface area contributed by atoms with Gasteiger partial charge in [0.2, 0.25) is 0 Å². The first-order chi connectivity index (χ1) is 15.3. The Kier molecular flexibility index (Phi) is 7.68. The minimum Gasteiger partial charge on any atom is -0.423 e. The number of benzene rings is 2. The van der Waals surface area contributed by atoms with Gasteiger partial charge in [0.25, 0.3) is 0 Å². The van der Waals surface area contributed by atoms with E-state index in [0.29, 0.717) is 18.1 Å². The second-order valence-electron chi connectivity index (χ2n) is 8.05. The van der Waals surface area contributed by atoms with Gasteiger partial charge in [0, 0.05) is 12.1 Å². The van der Waals surface area contributed by atoms with Crippen molar-refractivity contribution in [1.82, 2.24) is 0 Å². The first kappa shape index (κ1) is 23.5. The van der Waals surface area contributed by atoms with E-state index >= 15 is 0 Å². The highest BCUT2D eigenvalue weighted by Gasteiger charge is 2.23. The summed E-state index contributed by atoms with van der Waals surface area (Å²) in [5.74, 6) is -5.73. The Labute approximate surface area is 184 Å². The molecule has 0 radical (unpaired) electrons. The van der Waals surface area contributed by atoms with Crippen molar-refractivity contribution >= 4 is 12.0 Å². The third-order valence-electron chi connectivity index (χ3n) is 5.76. The molecule has 168 valence electrons. The van der Waals surface area contributed by atoms with Crippen LogP contribution in [0.4, 0.5) is 17.6 Å². The van der Waals surface area contributed by atoms with Gasteiger partial charge in [-0.3, -0.25) is 0 Å². The molecule has 1 saturated carbocycles. The number of ether oxygens (including phenoxy) is 1. The highest BCUT2D eigenvalue weighted by molar-refractivity contribution is 5.92. The molecule has 1 aliphatic rings. The van der Waals surface area contributed by atoms with E-state index in [9.17, 15) is 22.4 Å². The average Bonchev–Trinajstić information content (AvgIpc) is 2.73. The number of nitriles is 1. The standard InChI is InChI=1S/C25H23F4NO2/c1-2-3-15-4-6-16(7-5-15)8-9-17-10-22(28)24(23(29)11-17)25(31)32-18-12-20(26)19(14-30)21(27)13-18/h8-13,15-16H,2-7H2,1H3. The molecular weight excluding hydrogens is 422 g/mol. The summed E-state index contributed by atoms with van der Waals surface area (Å²) in [7, 11) is 0. The summed E-state index contributed by atoms with van der Waals surface area (Å²) >= 11 is 0. The number of esters is 1. The van der Waals surface area contributed by atoms with Crippen LogP contribution in [0.3, 0.4) is 0 Å². The van der Waals surface area contributed by atoms with E-state index in [1.54, 1.807) is 6.08 Å². The molecule has 0 heterocycles. The SMILES string of the molecule is CCCC1CCC(C=Cc2cc(F)c(C(=O)Oc3cc(F)c(C#N)c(F)c3)c(F)c2)CC1. The Morgan fingerprint density at radius 1 is 1.03 bits per heavy atom. The summed E-state index contributed by atoms with van der Waals surface area (Å²) in [5.41, 5.74) is -1.55. The predicted molar refractivity (Wildman–Crippen MR) is 112 cm³/mol. The maximum Gasteiger partial charge on any atom is 0.349 e. The molecule has 3 rings (SSSR count). The normalized spacial score (nSPS) is 18.5. The molecule has 2 aromatic rings. The van der Waals surface area contributed by atoms with Gasteiger partial charge < -0.3 is 4.74 Å². The predicted octanol–water partition coefficient (Wildman–Crippen LogP) is 6.95. The number of nitrogens with zero attached hydrogens (tertiary/aromatic N) is 1. The molecule has 0 bridgehead atoms. The van der Waals surface area contributed by atoms with Crippen LogP contribution in [0.25, 0.3) is 6.08 Å². The van der Waals surface area contributed by atoms with Crippen LogP contribution in [0.15, 0.2) is 30.3 Å². The molecule has 1 fully saturated rings. The van der Waals surface area contributed by atoms with Crippen LogP contribution >= 0.6 is 0 Å². The molecule has 7 heteroatoms. The fraction of sp³-hybridized carbons (Fsp3) is 0.360. The Morgan fingerprint density at radius 2 is 1.62 bits per heavy atom. The molecule has 0 spiro atoms. The van der Waals surface area contributed by atoms with Gasteiger partial charge >= 0.3 is 5.97 Å². The van der Waals surface area contributed by atoms with Gasteiger partial charge in [-0.05, 0) is 55.2 Å².